The summed E-state index contributed by atoms with van der Waals surface area (Å²) < 4.78 is 0. The maximum absolute atomic E-state index is 12.3. The molecule has 0 aromatic carbocycles. The minimum absolute atomic E-state index is 0.0352. The van der Waals surface area contributed by atoms with Crippen molar-refractivity contribution in [2.45, 2.75) is 57.9 Å². The summed E-state index contributed by atoms with van der Waals surface area (Å²) in [7, 11) is 0. The Balaban J connectivity index is 1.59. The monoisotopic (exact) mass is 292 g/mol. The van der Waals surface area contributed by atoms with Crippen LogP contribution in [0.5, 0.6) is 0 Å². The highest BCUT2D eigenvalue weighted by Crippen LogP contribution is 2.38. The fourth-order valence-corrected chi connectivity index (χ4v) is 4.11. The molecule has 0 bridgehead atoms. The normalized spacial score (nSPS) is 32.7. The summed E-state index contributed by atoms with van der Waals surface area (Å²) in [6.45, 7) is 3.14. The lowest BCUT2D eigenvalue weighted by molar-refractivity contribution is -0.140. The van der Waals surface area contributed by atoms with Crippen molar-refractivity contribution in [3.8, 4) is 0 Å². The van der Waals surface area contributed by atoms with Gasteiger partial charge < -0.3 is 4.90 Å². The van der Waals surface area contributed by atoms with Crippen molar-refractivity contribution < 1.29 is 14.4 Å². The van der Waals surface area contributed by atoms with Gasteiger partial charge in [-0.3, -0.25) is 19.3 Å². The molecule has 0 radical (unpaired) electrons. The fraction of sp³-hybridized carbons (Fsp3) is 0.812. The molecule has 2 saturated heterocycles. The fourth-order valence-electron chi connectivity index (χ4n) is 4.11. The number of nitrogens with zero attached hydrogens (tertiary/aromatic N) is 2. The lowest BCUT2D eigenvalue weighted by Crippen LogP contribution is -2.38. The van der Waals surface area contributed by atoms with Crippen molar-refractivity contribution in [1.82, 2.24) is 9.80 Å². The van der Waals surface area contributed by atoms with Crippen LogP contribution in [-0.2, 0) is 14.4 Å². The molecule has 21 heavy (non-hydrogen) atoms. The number of hydrogen-bond donors (Lipinski definition) is 0. The third kappa shape index (κ3) is 2.58. The van der Waals surface area contributed by atoms with Gasteiger partial charge in [0, 0.05) is 25.6 Å². The lowest BCUT2D eigenvalue weighted by Gasteiger charge is -2.22. The van der Waals surface area contributed by atoms with E-state index in [0.29, 0.717) is 6.04 Å². The zero-order valence-electron chi connectivity index (χ0n) is 12.7. The molecule has 3 amide bonds. The average Bonchev–Trinajstić information content (AvgIpc) is 3.01. The molecule has 3 aliphatic rings. The lowest BCUT2D eigenvalue weighted by atomic mass is 9.81. The summed E-state index contributed by atoms with van der Waals surface area (Å²) in [5.74, 6) is -0.200. The summed E-state index contributed by atoms with van der Waals surface area (Å²) in [5.41, 5.74) is 0. The Morgan fingerprint density at radius 2 is 1.67 bits per heavy atom. The molecule has 3 rings (SSSR count). The Hall–Kier alpha value is -1.39. The Bertz CT molecular complexity index is 438. The van der Waals surface area contributed by atoms with Gasteiger partial charge in [-0.2, -0.15) is 0 Å². The van der Waals surface area contributed by atoms with E-state index < -0.39 is 0 Å². The van der Waals surface area contributed by atoms with Gasteiger partial charge in [0.2, 0.25) is 17.7 Å². The second-order valence-electron chi connectivity index (χ2n) is 6.65. The molecule has 0 spiro atoms. The predicted molar refractivity (Wildman–Crippen MR) is 77.2 cm³/mol. The van der Waals surface area contributed by atoms with Crippen LogP contribution in [0.15, 0.2) is 0 Å². The van der Waals surface area contributed by atoms with Crippen LogP contribution in [-0.4, -0.2) is 46.7 Å². The van der Waals surface area contributed by atoms with Crippen molar-refractivity contribution in [2.24, 2.45) is 11.8 Å². The predicted octanol–water partition coefficient (Wildman–Crippen LogP) is 1.56. The molecule has 5 heteroatoms. The molecule has 5 nitrogen and oxygen atoms in total. The molecular weight excluding hydrogens is 268 g/mol. The first-order chi connectivity index (χ1) is 10.1. The Morgan fingerprint density at radius 3 is 2.19 bits per heavy atom. The molecule has 0 unspecified atom stereocenters. The second kappa shape index (κ2) is 5.78. The summed E-state index contributed by atoms with van der Waals surface area (Å²) in [6, 6.07) is 0.296. The van der Waals surface area contributed by atoms with E-state index in [0.717, 1.165) is 45.1 Å². The number of likely N-dealkylation sites (tertiary alicyclic amines) is 2. The zero-order chi connectivity index (χ0) is 15.0. The van der Waals surface area contributed by atoms with E-state index in [9.17, 15) is 14.4 Å². The van der Waals surface area contributed by atoms with E-state index in [4.69, 9.17) is 0 Å². The van der Waals surface area contributed by atoms with Gasteiger partial charge >= 0.3 is 0 Å². The quantitative estimate of drug-likeness (QED) is 0.742. The molecular formula is C16H24N2O3. The molecule has 3 fully saturated rings. The molecule has 0 N–H and O–H groups in total. The summed E-state index contributed by atoms with van der Waals surface area (Å²) in [5, 5.41) is 0. The van der Waals surface area contributed by atoms with Crippen molar-refractivity contribution in [1.29, 1.82) is 0 Å². The number of imide groups is 1. The standard InChI is InChI=1S/C16H24N2O3/c1-11-5-4-9-17(11)14(19)8-10-18-15(20)12-6-2-3-7-13(12)16(18)21/h11-13H,2-10H2,1H3/t11-,12+,13+/m1/s1. The van der Waals surface area contributed by atoms with E-state index in [-0.39, 0.29) is 42.5 Å². The molecule has 3 atom stereocenters. The summed E-state index contributed by atoms with van der Waals surface area (Å²) in [6.07, 6.45) is 6.14. The van der Waals surface area contributed by atoms with E-state index >= 15 is 0 Å². The SMILES string of the molecule is C[C@@H]1CCCN1C(=O)CCN1C(=O)[C@H]2CCCC[C@@H]2C1=O. The number of rotatable bonds is 3. The van der Waals surface area contributed by atoms with Gasteiger partial charge in [-0.15, -0.1) is 0 Å². The van der Waals surface area contributed by atoms with E-state index in [2.05, 4.69) is 6.92 Å². The first-order valence-electron chi connectivity index (χ1n) is 8.24. The van der Waals surface area contributed by atoms with Crippen LogP contribution in [0, 0.1) is 11.8 Å². The molecule has 2 heterocycles. The Morgan fingerprint density at radius 1 is 1.05 bits per heavy atom. The zero-order valence-corrected chi connectivity index (χ0v) is 12.7. The van der Waals surface area contributed by atoms with Gasteiger partial charge in [-0.1, -0.05) is 12.8 Å². The second-order valence-corrected chi connectivity index (χ2v) is 6.65. The van der Waals surface area contributed by atoms with Gasteiger partial charge in [-0.25, -0.2) is 0 Å². The highest BCUT2D eigenvalue weighted by atomic mass is 16.2. The largest absolute Gasteiger partial charge is 0.340 e. The first-order valence-corrected chi connectivity index (χ1v) is 8.24. The molecule has 0 aromatic rings. The highest BCUT2D eigenvalue weighted by Gasteiger charge is 2.47. The number of amides is 3. The van der Waals surface area contributed by atoms with Gasteiger partial charge in [0.15, 0.2) is 0 Å². The highest BCUT2D eigenvalue weighted by molar-refractivity contribution is 6.05. The van der Waals surface area contributed by atoms with Crippen LogP contribution in [0.2, 0.25) is 0 Å². The number of carbonyl (C=O) groups excluding carboxylic acids is 3. The van der Waals surface area contributed by atoms with Crippen molar-refractivity contribution >= 4 is 17.7 Å². The van der Waals surface area contributed by atoms with Crippen molar-refractivity contribution in [3.05, 3.63) is 0 Å². The third-order valence-corrected chi connectivity index (χ3v) is 5.36. The number of fused-ring (bicyclic) bond motifs is 1. The number of carbonyl (C=O) groups is 3. The van der Waals surface area contributed by atoms with Gasteiger partial charge in [0.05, 0.1) is 11.8 Å². The molecule has 1 saturated carbocycles. The molecule has 0 aromatic heterocycles. The van der Waals surface area contributed by atoms with Gasteiger partial charge in [0.25, 0.3) is 0 Å². The molecule has 2 aliphatic heterocycles. The maximum atomic E-state index is 12.3. The van der Waals surface area contributed by atoms with Crippen LogP contribution >= 0.6 is 0 Å². The van der Waals surface area contributed by atoms with Crippen LogP contribution < -0.4 is 0 Å². The first kappa shape index (κ1) is 14.5. The van der Waals surface area contributed by atoms with Crippen molar-refractivity contribution in [2.75, 3.05) is 13.1 Å². The van der Waals surface area contributed by atoms with Crippen LogP contribution in [0.25, 0.3) is 0 Å². The summed E-state index contributed by atoms with van der Waals surface area (Å²) in [4.78, 5) is 40.1. The Kier molecular flexibility index (Phi) is 4.00. The van der Waals surface area contributed by atoms with E-state index in [1.807, 2.05) is 4.90 Å². The van der Waals surface area contributed by atoms with Gasteiger partial charge in [-0.05, 0) is 32.6 Å². The maximum Gasteiger partial charge on any atom is 0.233 e. The third-order valence-electron chi connectivity index (χ3n) is 5.36. The van der Waals surface area contributed by atoms with E-state index in [1.54, 1.807) is 0 Å². The number of hydrogen-bond acceptors (Lipinski definition) is 3. The topological polar surface area (TPSA) is 57.7 Å². The Labute approximate surface area is 125 Å². The van der Waals surface area contributed by atoms with Crippen LogP contribution in [0.1, 0.15) is 51.9 Å². The summed E-state index contributed by atoms with van der Waals surface area (Å²) >= 11 is 0. The van der Waals surface area contributed by atoms with Gasteiger partial charge in [0.1, 0.15) is 0 Å². The van der Waals surface area contributed by atoms with Crippen LogP contribution in [0.4, 0.5) is 0 Å². The minimum Gasteiger partial charge on any atom is -0.340 e. The smallest absolute Gasteiger partial charge is 0.233 e. The molecule has 1 aliphatic carbocycles. The van der Waals surface area contributed by atoms with Crippen molar-refractivity contribution in [3.63, 3.8) is 0 Å². The van der Waals surface area contributed by atoms with E-state index in [1.165, 1.54) is 4.90 Å². The molecule has 116 valence electrons. The minimum atomic E-state index is -0.105. The average molecular weight is 292 g/mol. The van der Waals surface area contributed by atoms with Crippen LogP contribution in [0.3, 0.4) is 0 Å².